The summed E-state index contributed by atoms with van der Waals surface area (Å²) in [6, 6.07) is 61.3. The van der Waals surface area contributed by atoms with Gasteiger partial charge in [-0.15, -0.1) is 0 Å². The number of rotatable bonds is 6. The highest BCUT2D eigenvalue weighted by atomic mass is 16.3. The zero-order valence-corrected chi connectivity index (χ0v) is 53.1. The molecule has 3 heterocycles. The van der Waals surface area contributed by atoms with E-state index in [1.807, 2.05) is 0 Å². The van der Waals surface area contributed by atoms with Gasteiger partial charge in [0, 0.05) is 45.2 Å². The summed E-state index contributed by atoms with van der Waals surface area (Å²) in [5.41, 5.74) is 28.7. The van der Waals surface area contributed by atoms with Crippen molar-refractivity contribution in [3.05, 3.63) is 202 Å². The second-order valence-corrected chi connectivity index (χ2v) is 31.0. The number of furan rings is 1. The maximum atomic E-state index is 7.87. The number of hydrogen-bond acceptors (Lipinski definition) is 4. The van der Waals surface area contributed by atoms with Crippen LogP contribution in [-0.4, -0.2) is 6.71 Å². The van der Waals surface area contributed by atoms with Crippen LogP contribution in [0.2, 0.25) is 0 Å². The zero-order valence-electron chi connectivity index (χ0n) is 53.1. The molecule has 8 aromatic carbocycles. The van der Waals surface area contributed by atoms with Gasteiger partial charge in [-0.25, -0.2) is 0 Å². The molecule has 0 atom stereocenters. The highest BCUT2D eigenvalue weighted by molar-refractivity contribution is 7.00. The van der Waals surface area contributed by atoms with Gasteiger partial charge in [-0.05, 0) is 223 Å². The Kier molecular flexibility index (Phi) is 12.0. The molecule has 0 bridgehead atoms. The van der Waals surface area contributed by atoms with Crippen LogP contribution in [0.4, 0.5) is 51.2 Å². The molecule has 0 saturated heterocycles. The minimum Gasteiger partial charge on any atom is -0.468 e. The van der Waals surface area contributed by atoms with Crippen molar-refractivity contribution in [1.82, 2.24) is 0 Å². The van der Waals surface area contributed by atoms with Crippen LogP contribution in [0.1, 0.15) is 187 Å². The molecule has 1 aromatic heterocycles. The van der Waals surface area contributed by atoms with Gasteiger partial charge < -0.3 is 19.1 Å². The lowest BCUT2D eigenvalue weighted by molar-refractivity contribution is 0.332. The van der Waals surface area contributed by atoms with E-state index in [1.165, 1.54) is 100 Å². The Labute approximate surface area is 502 Å². The molecule has 0 unspecified atom stereocenters. The number of aryl methyl sites for hydroxylation is 1. The number of benzene rings is 8. The molecule has 5 aliphatic rings. The van der Waals surface area contributed by atoms with Crippen LogP contribution < -0.4 is 31.3 Å². The van der Waals surface area contributed by atoms with E-state index < -0.39 is 0 Å². The van der Waals surface area contributed by atoms with Gasteiger partial charge in [-0.2, -0.15) is 0 Å². The van der Waals surface area contributed by atoms with Gasteiger partial charge in [0.1, 0.15) is 5.58 Å². The fourth-order valence-corrected chi connectivity index (χ4v) is 15.8. The number of anilines is 9. The second kappa shape index (κ2) is 18.4. The van der Waals surface area contributed by atoms with Crippen molar-refractivity contribution in [1.29, 1.82) is 0 Å². The first-order valence-electron chi connectivity index (χ1n) is 31.5. The SMILES string of the molecule is Cc1cc2c(cc1N1c3ccc(C(C)(C)C)cc3B3c4oc5cc6c(cc5c4N(c4ccc5c(c4)C(C)(C)CCC5(C)C)c4cc(N(c5ccccc5)c5ccc(-c7ccccc7)cc5)cc1c43)C(C)(C)CCC6(C)C)C(C)(C)CCC2(C)C. The first-order chi connectivity index (χ1) is 39.6. The van der Waals surface area contributed by atoms with Crippen LogP contribution in [0.15, 0.2) is 162 Å². The van der Waals surface area contributed by atoms with Gasteiger partial charge in [0.25, 0.3) is 6.71 Å². The van der Waals surface area contributed by atoms with Crippen molar-refractivity contribution in [3.63, 3.8) is 0 Å². The molecule has 0 radical (unpaired) electrons. The molecule has 5 heteroatoms. The molecular weight excluding hydrogens is 1020 g/mol. The van der Waals surface area contributed by atoms with E-state index in [9.17, 15) is 0 Å². The van der Waals surface area contributed by atoms with E-state index in [0.29, 0.717) is 0 Å². The Morgan fingerprint density at radius 2 is 0.929 bits per heavy atom. The van der Waals surface area contributed by atoms with Crippen LogP contribution in [0.5, 0.6) is 0 Å². The van der Waals surface area contributed by atoms with E-state index in [2.05, 4.69) is 283 Å². The Morgan fingerprint density at radius 1 is 0.429 bits per heavy atom. The summed E-state index contributed by atoms with van der Waals surface area (Å²) in [6.07, 6.45) is 6.86. The van der Waals surface area contributed by atoms with Gasteiger partial charge in [0.15, 0.2) is 0 Å². The van der Waals surface area contributed by atoms with Crippen LogP contribution >= 0.6 is 0 Å². The Balaban J connectivity index is 1.14. The Bertz CT molecular complexity index is 4150. The first-order valence-corrected chi connectivity index (χ1v) is 31.5. The average Bonchev–Trinajstić information content (AvgIpc) is 1.32. The summed E-state index contributed by atoms with van der Waals surface area (Å²) in [4.78, 5) is 7.86. The third kappa shape index (κ3) is 8.42. The van der Waals surface area contributed by atoms with Gasteiger partial charge in [0.2, 0.25) is 0 Å². The van der Waals surface area contributed by atoms with Crippen molar-refractivity contribution in [2.75, 3.05) is 14.7 Å². The third-order valence-electron chi connectivity index (χ3n) is 21.5. The molecule has 0 amide bonds. The molecule has 84 heavy (non-hydrogen) atoms. The van der Waals surface area contributed by atoms with E-state index in [4.69, 9.17) is 4.42 Å². The molecule has 0 spiro atoms. The van der Waals surface area contributed by atoms with Crippen LogP contribution in [0.3, 0.4) is 0 Å². The van der Waals surface area contributed by atoms with Gasteiger partial charge in [-0.3, -0.25) is 0 Å². The second-order valence-electron chi connectivity index (χ2n) is 31.0. The number of fused-ring (bicyclic) bond motifs is 9. The summed E-state index contributed by atoms with van der Waals surface area (Å²) in [5, 5.41) is 1.19. The van der Waals surface area contributed by atoms with Crippen molar-refractivity contribution in [3.8, 4) is 11.1 Å². The van der Waals surface area contributed by atoms with Gasteiger partial charge in [-0.1, -0.05) is 189 Å². The van der Waals surface area contributed by atoms with Crippen LogP contribution in [0.25, 0.3) is 22.1 Å². The van der Waals surface area contributed by atoms with Gasteiger partial charge in [0.05, 0.1) is 17.0 Å². The van der Waals surface area contributed by atoms with Crippen molar-refractivity contribution in [2.24, 2.45) is 0 Å². The molecule has 2 aliphatic heterocycles. The fourth-order valence-electron chi connectivity index (χ4n) is 15.8. The van der Waals surface area contributed by atoms with Gasteiger partial charge >= 0.3 is 0 Å². The summed E-state index contributed by atoms with van der Waals surface area (Å²) >= 11 is 0. The predicted molar refractivity (Wildman–Crippen MR) is 360 cm³/mol. The number of nitrogens with zero attached hydrogens (tertiary/aromatic N) is 3. The molecule has 9 aromatic rings. The minimum atomic E-state index is -0.217. The highest BCUT2D eigenvalue weighted by Gasteiger charge is 2.50. The third-order valence-corrected chi connectivity index (χ3v) is 21.5. The molecule has 14 rings (SSSR count). The normalized spacial score (nSPS) is 18.9. The lowest BCUT2D eigenvalue weighted by Crippen LogP contribution is -2.61. The summed E-state index contributed by atoms with van der Waals surface area (Å²) in [7, 11) is 0. The monoisotopic (exact) mass is 1100 g/mol. The summed E-state index contributed by atoms with van der Waals surface area (Å²) in [5.74, 6) is 0. The smallest absolute Gasteiger partial charge is 0.297 e. The highest BCUT2D eigenvalue weighted by Crippen LogP contribution is 2.56. The Morgan fingerprint density at radius 3 is 1.52 bits per heavy atom. The fraction of sp³-hybridized carbons (Fsp3) is 0.367. The predicted octanol–water partition coefficient (Wildman–Crippen LogP) is 20.3. The minimum absolute atomic E-state index is 0.00108. The summed E-state index contributed by atoms with van der Waals surface area (Å²) in [6.45, 7) is 38.8. The quantitative estimate of drug-likeness (QED) is 0.155. The largest absolute Gasteiger partial charge is 0.468 e. The lowest BCUT2D eigenvalue weighted by Gasteiger charge is -2.46. The number of para-hydroxylation sites is 1. The molecule has 426 valence electrons. The first kappa shape index (κ1) is 54.7. The van der Waals surface area contributed by atoms with E-state index in [0.717, 1.165) is 72.5 Å². The van der Waals surface area contributed by atoms with Crippen LogP contribution in [0, 0.1) is 6.92 Å². The molecule has 0 fully saturated rings. The van der Waals surface area contributed by atoms with Crippen molar-refractivity contribution in [2.45, 2.75) is 187 Å². The summed E-state index contributed by atoms with van der Waals surface area (Å²) < 4.78 is 7.87. The maximum Gasteiger partial charge on any atom is 0.297 e. The number of hydrogen-bond donors (Lipinski definition) is 0. The standard InChI is InChI=1S/C79H86BN3O/c1-49-41-59-62(78(13,14)39-37-75(59,7)8)47-66(49)83-65-34-29-52(73(2,3)4)42-64(65)80-70-67(44-56(45-68(70)83)81(53-25-21-18-22-26-53)54-30-27-51(28-31-54)50-23-19-17-20-24-50)82(55-32-33-58-60(43-55)76(9,10)36-35-74(58,5)6)71-57-46-61-63(48-69(57)84-72(71)80)79(15,16)40-38-77(61,11)12/h17-34,41-48H,35-40H2,1-16H3. The molecular formula is C79H86BN3O. The molecule has 4 nitrogen and oxygen atoms in total. The van der Waals surface area contributed by atoms with E-state index in [1.54, 1.807) is 0 Å². The van der Waals surface area contributed by atoms with Crippen molar-refractivity contribution >= 4 is 85.5 Å². The topological polar surface area (TPSA) is 22.9 Å². The molecule has 0 N–H and O–H groups in total. The van der Waals surface area contributed by atoms with Crippen molar-refractivity contribution < 1.29 is 4.42 Å². The molecule has 3 aliphatic carbocycles. The maximum absolute atomic E-state index is 7.87. The van der Waals surface area contributed by atoms with Crippen LogP contribution in [-0.2, 0) is 37.9 Å². The van der Waals surface area contributed by atoms with E-state index in [-0.39, 0.29) is 44.6 Å². The molecule has 0 saturated carbocycles. The zero-order chi connectivity index (χ0) is 59.0. The average molecular weight is 1100 g/mol. The van der Waals surface area contributed by atoms with E-state index >= 15 is 0 Å². The lowest BCUT2D eigenvalue weighted by atomic mass is 9.35. The Hall–Kier alpha value is -7.24.